The Morgan fingerprint density at radius 1 is 0.941 bits per heavy atom. The Kier molecular flexibility index (Phi) is 19.7. The van der Waals surface area contributed by atoms with E-state index in [1.165, 1.54) is 51.9 Å². The molecule has 0 fully saturated rings. The van der Waals surface area contributed by atoms with E-state index in [-0.39, 0.29) is 5.97 Å². The lowest BCUT2D eigenvalue weighted by Crippen LogP contribution is -1.95. The summed E-state index contributed by atoms with van der Waals surface area (Å²) in [5.74, 6) is -0.211. The number of aliphatic hydroxyl groups is 1. The molecule has 0 aromatic rings. The number of carbonyl (C=O) groups excluding carboxylic acids is 1. The summed E-state index contributed by atoms with van der Waals surface area (Å²) in [6, 6.07) is 0. The zero-order chi connectivity index (χ0) is 13.4. The van der Waals surface area contributed by atoms with Crippen LogP contribution in [0.4, 0.5) is 0 Å². The van der Waals surface area contributed by atoms with Crippen LogP contribution in [0.15, 0.2) is 0 Å². The molecule has 0 aliphatic heterocycles. The van der Waals surface area contributed by atoms with Crippen LogP contribution in [0.1, 0.15) is 72.1 Å². The third kappa shape index (κ3) is 25.6. The van der Waals surface area contributed by atoms with Crippen LogP contribution in [-0.2, 0) is 9.53 Å². The van der Waals surface area contributed by atoms with Crippen molar-refractivity contribution >= 4 is 5.97 Å². The minimum absolute atomic E-state index is 0.211. The van der Waals surface area contributed by atoms with Crippen molar-refractivity contribution in [3.63, 3.8) is 0 Å². The Hall–Kier alpha value is -0.570. The van der Waals surface area contributed by atoms with Crippen molar-refractivity contribution in [3.8, 4) is 0 Å². The second-order valence-corrected chi connectivity index (χ2v) is 4.12. The van der Waals surface area contributed by atoms with Crippen LogP contribution in [0.5, 0.6) is 0 Å². The highest BCUT2D eigenvalue weighted by Crippen LogP contribution is 2.07. The quantitative estimate of drug-likeness (QED) is 0.498. The first kappa shape index (κ1) is 18.8. The van der Waals surface area contributed by atoms with Gasteiger partial charge in [0.15, 0.2) is 0 Å². The minimum Gasteiger partial charge on any atom is -0.466 e. The molecule has 0 spiro atoms. The maximum atomic E-state index is 9.82. The number of aliphatic hydroxyl groups excluding tert-OH is 1. The fourth-order valence-electron chi connectivity index (χ4n) is 1.45. The van der Waals surface area contributed by atoms with E-state index in [1.54, 1.807) is 6.92 Å². The molecule has 3 heteroatoms. The van der Waals surface area contributed by atoms with Gasteiger partial charge in [-0.15, -0.1) is 0 Å². The molecule has 0 radical (unpaired) electrons. The van der Waals surface area contributed by atoms with E-state index in [2.05, 4.69) is 11.7 Å². The van der Waals surface area contributed by atoms with Crippen LogP contribution in [0, 0.1) is 0 Å². The summed E-state index contributed by atoms with van der Waals surface area (Å²) in [4.78, 5) is 9.82. The molecule has 0 saturated heterocycles. The van der Waals surface area contributed by atoms with Crippen molar-refractivity contribution < 1.29 is 14.6 Å². The first-order valence-corrected chi connectivity index (χ1v) is 6.93. The summed E-state index contributed by atoms with van der Waals surface area (Å²) in [5, 5.41) is 8.51. The molecular formula is C14H30O3. The Bertz CT molecular complexity index is 138. The predicted molar refractivity (Wildman–Crippen MR) is 72.0 cm³/mol. The fraction of sp³-hybridized carbons (Fsp3) is 0.929. The second-order valence-electron chi connectivity index (χ2n) is 4.12. The van der Waals surface area contributed by atoms with Crippen LogP contribution in [0.2, 0.25) is 0 Å². The van der Waals surface area contributed by atoms with Crippen molar-refractivity contribution in [1.29, 1.82) is 0 Å². The molecule has 0 bridgehead atoms. The van der Waals surface area contributed by atoms with Gasteiger partial charge in [0.2, 0.25) is 0 Å². The molecule has 0 rings (SSSR count). The topological polar surface area (TPSA) is 46.5 Å². The standard InChI is InChI=1S/C10H22O.C4H8O2/c1-2-3-4-5-6-7-8-9-10-11;1-3-6-4(2)5/h11H,2-10H2,1H3;3H2,1-2H3. The van der Waals surface area contributed by atoms with E-state index >= 15 is 0 Å². The van der Waals surface area contributed by atoms with Gasteiger partial charge in [-0.2, -0.15) is 0 Å². The summed E-state index contributed by atoms with van der Waals surface area (Å²) < 4.78 is 4.40. The predicted octanol–water partition coefficient (Wildman–Crippen LogP) is 3.69. The molecule has 0 aliphatic rings. The van der Waals surface area contributed by atoms with Crippen LogP contribution in [-0.4, -0.2) is 24.3 Å². The summed E-state index contributed by atoms with van der Waals surface area (Å²) in [6.45, 7) is 6.26. The Morgan fingerprint density at radius 2 is 1.41 bits per heavy atom. The molecule has 0 amide bonds. The zero-order valence-corrected chi connectivity index (χ0v) is 11.8. The summed E-state index contributed by atoms with van der Waals surface area (Å²) in [5.41, 5.74) is 0. The van der Waals surface area contributed by atoms with Crippen LogP contribution < -0.4 is 0 Å². The Labute approximate surface area is 107 Å². The maximum Gasteiger partial charge on any atom is 0.302 e. The van der Waals surface area contributed by atoms with Gasteiger partial charge in [-0.25, -0.2) is 0 Å². The molecule has 1 N–H and O–H groups in total. The second kappa shape index (κ2) is 17.8. The summed E-state index contributed by atoms with van der Waals surface area (Å²) >= 11 is 0. The molecule has 17 heavy (non-hydrogen) atoms. The van der Waals surface area contributed by atoms with Gasteiger partial charge in [-0.05, 0) is 13.3 Å². The molecule has 0 aromatic heterocycles. The third-order valence-electron chi connectivity index (χ3n) is 2.36. The summed E-state index contributed by atoms with van der Waals surface area (Å²) in [6.07, 6.45) is 10.4. The van der Waals surface area contributed by atoms with Gasteiger partial charge in [0, 0.05) is 13.5 Å². The molecule has 0 atom stereocenters. The minimum atomic E-state index is -0.211. The largest absolute Gasteiger partial charge is 0.466 e. The molecule has 0 heterocycles. The van der Waals surface area contributed by atoms with Gasteiger partial charge < -0.3 is 9.84 Å². The maximum absolute atomic E-state index is 9.82. The van der Waals surface area contributed by atoms with E-state index in [4.69, 9.17) is 5.11 Å². The van der Waals surface area contributed by atoms with Crippen LogP contribution in [0.25, 0.3) is 0 Å². The molecule has 0 saturated carbocycles. The van der Waals surface area contributed by atoms with Gasteiger partial charge in [-0.3, -0.25) is 4.79 Å². The molecule has 3 nitrogen and oxygen atoms in total. The number of hydrogen-bond donors (Lipinski definition) is 1. The lowest BCUT2D eigenvalue weighted by molar-refractivity contribution is -0.140. The van der Waals surface area contributed by atoms with E-state index in [0.717, 1.165) is 6.42 Å². The lowest BCUT2D eigenvalue weighted by Gasteiger charge is -1.98. The number of esters is 1. The first-order valence-electron chi connectivity index (χ1n) is 6.93. The van der Waals surface area contributed by atoms with E-state index in [1.807, 2.05) is 0 Å². The number of hydrogen-bond acceptors (Lipinski definition) is 3. The highest BCUT2D eigenvalue weighted by Gasteiger charge is 1.89. The number of ether oxygens (including phenoxy) is 1. The smallest absolute Gasteiger partial charge is 0.302 e. The SMILES string of the molecule is CCCCCCCCCCO.CCOC(C)=O. The van der Waals surface area contributed by atoms with Crippen molar-refractivity contribution in [3.05, 3.63) is 0 Å². The van der Waals surface area contributed by atoms with E-state index in [9.17, 15) is 4.79 Å². The molecule has 0 aliphatic carbocycles. The van der Waals surface area contributed by atoms with Crippen LogP contribution >= 0.6 is 0 Å². The van der Waals surface area contributed by atoms with Crippen molar-refractivity contribution in [2.75, 3.05) is 13.2 Å². The molecule has 0 unspecified atom stereocenters. The lowest BCUT2D eigenvalue weighted by atomic mass is 10.1. The average molecular weight is 246 g/mol. The highest BCUT2D eigenvalue weighted by molar-refractivity contribution is 5.65. The van der Waals surface area contributed by atoms with Crippen molar-refractivity contribution in [1.82, 2.24) is 0 Å². The number of unbranched alkanes of at least 4 members (excludes halogenated alkanes) is 7. The van der Waals surface area contributed by atoms with Gasteiger partial charge >= 0.3 is 5.97 Å². The fourth-order valence-corrected chi connectivity index (χ4v) is 1.45. The van der Waals surface area contributed by atoms with Gasteiger partial charge in [0.25, 0.3) is 0 Å². The zero-order valence-electron chi connectivity index (χ0n) is 11.8. The van der Waals surface area contributed by atoms with Crippen molar-refractivity contribution in [2.24, 2.45) is 0 Å². The van der Waals surface area contributed by atoms with Gasteiger partial charge in [0.1, 0.15) is 0 Å². The van der Waals surface area contributed by atoms with E-state index < -0.39 is 0 Å². The number of carbonyl (C=O) groups is 1. The van der Waals surface area contributed by atoms with Crippen LogP contribution in [0.3, 0.4) is 0 Å². The normalized spacial score (nSPS) is 9.41. The average Bonchev–Trinajstić information content (AvgIpc) is 2.29. The highest BCUT2D eigenvalue weighted by atomic mass is 16.5. The third-order valence-corrected chi connectivity index (χ3v) is 2.36. The Morgan fingerprint density at radius 3 is 1.71 bits per heavy atom. The first-order chi connectivity index (χ1) is 8.18. The van der Waals surface area contributed by atoms with Crippen molar-refractivity contribution in [2.45, 2.75) is 72.1 Å². The van der Waals surface area contributed by atoms with E-state index in [0.29, 0.717) is 13.2 Å². The molecule has 104 valence electrons. The summed E-state index contributed by atoms with van der Waals surface area (Å²) in [7, 11) is 0. The van der Waals surface area contributed by atoms with Gasteiger partial charge in [0.05, 0.1) is 6.61 Å². The van der Waals surface area contributed by atoms with Gasteiger partial charge in [-0.1, -0.05) is 51.9 Å². The monoisotopic (exact) mass is 246 g/mol. The molecular weight excluding hydrogens is 216 g/mol. The molecule has 0 aromatic carbocycles. The Balaban J connectivity index is 0. The number of rotatable bonds is 9.